The van der Waals surface area contributed by atoms with Crippen LogP contribution in [0.15, 0.2) is 70.6 Å². The number of pyridine rings is 1. The summed E-state index contributed by atoms with van der Waals surface area (Å²) in [5, 5.41) is 10.2. The zero-order valence-electron chi connectivity index (χ0n) is 15.4. The molecule has 0 spiro atoms. The molecule has 0 aliphatic carbocycles. The van der Waals surface area contributed by atoms with E-state index in [0.717, 1.165) is 5.56 Å². The van der Waals surface area contributed by atoms with Gasteiger partial charge in [-0.1, -0.05) is 18.2 Å². The quantitative estimate of drug-likeness (QED) is 0.509. The summed E-state index contributed by atoms with van der Waals surface area (Å²) in [6, 6.07) is 12.0. The van der Waals surface area contributed by atoms with Gasteiger partial charge >= 0.3 is 0 Å². The number of carbonyl (C=O) groups is 1. The zero-order valence-corrected chi connectivity index (χ0v) is 15.4. The molecule has 0 radical (unpaired) electrons. The van der Waals surface area contributed by atoms with Gasteiger partial charge in [-0.15, -0.1) is 0 Å². The van der Waals surface area contributed by atoms with Gasteiger partial charge in [-0.05, 0) is 24.3 Å². The fraction of sp³-hybridized carbons (Fsp3) is 0.150. The van der Waals surface area contributed by atoms with Crippen LogP contribution in [-0.2, 0) is 17.9 Å². The topological polar surface area (TPSA) is 115 Å². The lowest BCUT2D eigenvalue weighted by Gasteiger charge is -2.10. The fourth-order valence-electron chi connectivity index (χ4n) is 3.07. The van der Waals surface area contributed by atoms with Crippen LogP contribution >= 0.6 is 0 Å². The van der Waals surface area contributed by atoms with Crippen molar-refractivity contribution in [2.75, 3.05) is 0 Å². The van der Waals surface area contributed by atoms with E-state index in [-0.39, 0.29) is 36.5 Å². The third-order valence-corrected chi connectivity index (χ3v) is 4.51. The monoisotopic (exact) mass is 390 g/mol. The van der Waals surface area contributed by atoms with Crippen LogP contribution < -0.4 is 16.4 Å². The van der Waals surface area contributed by atoms with Gasteiger partial charge in [0.1, 0.15) is 0 Å². The van der Waals surface area contributed by atoms with Gasteiger partial charge in [0.15, 0.2) is 5.82 Å². The lowest BCUT2D eigenvalue weighted by atomic mass is 10.2. The van der Waals surface area contributed by atoms with Crippen molar-refractivity contribution in [2.24, 2.45) is 0 Å². The molecule has 3 aromatic heterocycles. The summed E-state index contributed by atoms with van der Waals surface area (Å²) in [7, 11) is 0. The highest BCUT2D eigenvalue weighted by Crippen LogP contribution is 2.10. The van der Waals surface area contributed by atoms with E-state index in [1.165, 1.54) is 4.68 Å². The van der Waals surface area contributed by atoms with E-state index in [4.69, 9.17) is 0 Å². The Morgan fingerprint density at radius 2 is 1.86 bits per heavy atom. The van der Waals surface area contributed by atoms with E-state index in [9.17, 15) is 14.4 Å². The third kappa shape index (κ3) is 3.84. The molecule has 2 N–H and O–H groups in total. The normalized spacial score (nSPS) is 10.9. The van der Waals surface area contributed by atoms with Gasteiger partial charge in [0.25, 0.3) is 11.1 Å². The number of carbonyl (C=O) groups excluding carboxylic acids is 1. The molecular weight excluding hydrogens is 372 g/mol. The summed E-state index contributed by atoms with van der Waals surface area (Å²) >= 11 is 0. The fourth-order valence-corrected chi connectivity index (χ4v) is 3.07. The number of rotatable bonds is 6. The molecule has 0 fully saturated rings. The van der Waals surface area contributed by atoms with Gasteiger partial charge in [-0.2, -0.15) is 5.10 Å². The van der Waals surface area contributed by atoms with Crippen LogP contribution in [0.5, 0.6) is 0 Å². The van der Waals surface area contributed by atoms with Crippen molar-refractivity contribution in [3.63, 3.8) is 0 Å². The minimum atomic E-state index is -0.361. The molecule has 0 saturated carbocycles. The van der Waals surface area contributed by atoms with Crippen molar-refractivity contribution < 1.29 is 4.79 Å². The minimum absolute atomic E-state index is 0.0472. The van der Waals surface area contributed by atoms with E-state index in [2.05, 4.69) is 20.5 Å². The first-order valence-electron chi connectivity index (χ1n) is 9.06. The number of nitrogens with one attached hydrogen (secondary N) is 2. The lowest BCUT2D eigenvalue weighted by Crippen LogP contribution is -2.32. The molecule has 9 heteroatoms. The predicted octanol–water partition coefficient (Wildman–Crippen LogP) is 0.977. The summed E-state index contributed by atoms with van der Waals surface area (Å²) in [5.41, 5.74) is 0.113. The van der Waals surface area contributed by atoms with Crippen LogP contribution in [0.1, 0.15) is 12.0 Å². The van der Waals surface area contributed by atoms with Crippen molar-refractivity contribution in [1.82, 2.24) is 29.9 Å². The summed E-state index contributed by atoms with van der Waals surface area (Å²) in [5.74, 6) is 0.383. The van der Waals surface area contributed by atoms with Crippen molar-refractivity contribution >= 4 is 16.7 Å². The molecular formula is C20H18N6O3. The maximum Gasteiger partial charge on any atom is 0.273 e. The Balaban J connectivity index is 1.43. The highest BCUT2D eigenvalue weighted by atomic mass is 16.2. The van der Waals surface area contributed by atoms with Gasteiger partial charge in [-0.25, -0.2) is 14.3 Å². The maximum absolute atomic E-state index is 12.5. The van der Waals surface area contributed by atoms with Gasteiger partial charge in [-0.3, -0.25) is 19.5 Å². The van der Waals surface area contributed by atoms with E-state index in [1.54, 1.807) is 59.7 Å². The molecule has 29 heavy (non-hydrogen) atoms. The molecule has 0 unspecified atom stereocenters. The van der Waals surface area contributed by atoms with Crippen LogP contribution in [0.2, 0.25) is 0 Å². The number of hydrogen-bond donors (Lipinski definition) is 2. The van der Waals surface area contributed by atoms with Crippen LogP contribution in [0.25, 0.3) is 16.6 Å². The first kappa shape index (κ1) is 18.4. The molecule has 0 bridgehead atoms. The van der Waals surface area contributed by atoms with Crippen molar-refractivity contribution in [3.8, 4) is 5.82 Å². The number of nitrogens with zero attached hydrogens (tertiary/aromatic N) is 4. The average Bonchev–Trinajstić information content (AvgIpc) is 3.29. The van der Waals surface area contributed by atoms with Crippen LogP contribution in [-0.4, -0.2) is 30.5 Å². The summed E-state index contributed by atoms with van der Waals surface area (Å²) in [6.45, 7) is 0.342. The van der Waals surface area contributed by atoms with Crippen molar-refractivity contribution in [3.05, 3.63) is 87.3 Å². The van der Waals surface area contributed by atoms with E-state index >= 15 is 0 Å². The second-order valence-electron chi connectivity index (χ2n) is 6.41. The SMILES string of the molecule is O=C(CCn1[nH]c(=O)c2ccccc2c1=O)NCc1cccnc1-n1cccn1. The van der Waals surface area contributed by atoms with Crippen molar-refractivity contribution in [2.45, 2.75) is 19.5 Å². The minimum Gasteiger partial charge on any atom is -0.352 e. The number of fused-ring (bicyclic) bond motifs is 1. The molecule has 1 amide bonds. The first-order valence-corrected chi connectivity index (χ1v) is 9.06. The lowest BCUT2D eigenvalue weighted by molar-refractivity contribution is -0.121. The van der Waals surface area contributed by atoms with E-state index < -0.39 is 0 Å². The van der Waals surface area contributed by atoms with Crippen molar-refractivity contribution in [1.29, 1.82) is 0 Å². The molecule has 0 aliphatic rings. The summed E-state index contributed by atoms with van der Waals surface area (Å²) in [6.07, 6.45) is 5.13. The third-order valence-electron chi connectivity index (χ3n) is 4.51. The van der Waals surface area contributed by atoms with Gasteiger partial charge in [0.05, 0.1) is 17.3 Å². The largest absolute Gasteiger partial charge is 0.352 e. The Bertz CT molecular complexity index is 1270. The Kier molecular flexibility index (Phi) is 5.02. The number of aromatic amines is 1. The van der Waals surface area contributed by atoms with Crippen LogP contribution in [0, 0.1) is 0 Å². The molecule has 1 aromatic carbocycles. The number of hydrogen-bond acceptors (Lipinski definition) is 5. The number of amides is 1. The van der Waals surface area contributed by atoms with Crippen LogP contribution in [0.3, 0.4) is 0 Å². The Labute approximate surface area is 164 Å². The predicted molar refractivity (Wildman–Crippen MR) is 107 cm³/mol. The van der Waals surface area contributed by atoms with E-state index in [0.29, 0.717) is 16.6 Å². The number of aromatic nitrogens is 5. The van der Waals surface area contributed by atoms with Gasteiger partial charge in [0, 0.05) is 37.1 Å². The molecule has 0 aliphatic heterocycles. The van der Waals surface area contributed by atoms with Gasteiger partial charge in [0.2, 0.25) is 5.91 Å². The smallest absolute Gasteiger partial charge is 0.273 e. The highest BCUT2D eigenvalue weighted by molar-refractivity contribution is 5.80. The second kappa shape index (κ2) is 7.93. The first-order chi connectivity index (χ1) is 14.1. The Hall–Kier alpha value is -4.01. The molecule has 4 aromatic rings. The second-order valence-corrected chi connectivity index (χ2v) is 6.41. The number of H-pyrrole nitrogens is 1. The molecule has 0 atom stereocenters. The van der Waals surface area contributed by atoms with Gasteiger partial charge < -0.3 is 5.32 Å². The molecule has 0 saturated heterocycles. The number of aryl methyl sites for hydroxylation is 1. The Morgan fingerprint density at radius 1 is 1.03 bits per heavy atom. The van der Waals surface area contributed by atoms with E-state index in [1.807, 2.05) is 6.07 Å². The molecule has 146 valence electrons. The van der Waals surface area contributed by atoms with Crippen LogP contribution in [0.4, 0.5) is 0 Å². The maximum atomic E-state index is 12.5. The molecule has 4 rings (SSSR count). The average molecular weight is 390 g/mol. The highest BCUT2D eigenvalue weighted by Gasteiger charge is 2.10. The summed E-state index contributed by atoms with van der Waals surface area (Å²) in [4.78, 5) is 41.2. The number of benzene rings is 1. The molecule has 9 nitrogen and oxygen atoms in total. The Morgan fingerprint density at radius 3 is 2.66 bits per heavy atom. The summed E-state index contributed by atoms with van der Waals surface area (Å²) < 4.78 is 2.80. The standard InChI is InChI=1S/C20H18N6O3/c27-17(22-13-14-5-3-9-21-18(14)25-11-4-10-23-25)8-12-26-20(29)16-7-2-1-6-15(16)19(28)24-26/h1-7,9-11H,8,12-13H2,(H,22,27)(H,24,28). The zero-order chi connectivity index (χ0) is 20.2. The molecule has 3 heterocycles.